The van der Waals surface area contributed by atoms with Crippen LogP contribution in [0.5, 0.6) is 0 Å². The van der Waals surface area contributed by atoms with Crippen molar-refractivity contribution in [2.45, 2.75) is 6.54 Å². The zero-order chi connectivity index (χ0) is 24.0. The van der Waals surface area contributed by atoms with Crippen LogP contribution in [0.3, 0.4) is 0 Å². The average Bonchev–Trinajstić information content (AvgIpc) is 3.12. The van der Waals surface area contributed by atoms with Crippen LogP contribution in [0.2, 0.25) is 10.0 Å². The highest BCUT2D eigenvalue weighted by atomic mass is 35.5. The molecule has 0 bridgehead atoms. The minimum Gasteiger partial charge on any atom is -0.366 e. The summed E-state index contributed by atoms with van der Waals surface area (Å²) >= 11 is 13.0. The second kappa shape index (κ2) is 8.52. The molecule has 0 radical (unpaired) electrons. The highest BCUT2D eigenvalue weighted by Gasteiger charge is 2.18. The summed E-state index contributed by atoms with van der Waals surface area (Å²) < 4.78 is 2.09. The molecule has 7 heteroatoms. The summed E-state index contributed by atoms with van der Waals surface area (Å²) in [6, 6.07) is 23.9. The molecule has 4 aromatic carbocycles. The molecular formula is C27H19Cl2N3O2. The van der Waals surface area contributed by atoms with Crippen LogP contribution in [0, 0.1) is 0 Å². The summed E-state index contributed by atoms with van der Waals surface area (Å²) in [6.45, 7) is 0.447. The number of fused-ring (bicyclic) bond motifs is 3. The SMILES string of the molecule is NC(=O)c1cccc(Cn2c3cc(-c4c(Cl)cccc4Cl)ccc3c3c(C(N)=O)cccc32)c1. The molecule has 0 atom stereocenters. The first-order chi connectivity index (χ1) is 16.3. The van der Waals surface area contributed by atoms with Crippen molar-refractivity contribution in [2.24, 2.45) is 11.5 Å². The summed E-state index contributed by atoms with van der Waals surface area (Å²) in [4.78, 5) is 24.0. The number of carbonyl (C=O) groups excluding carboxylic acids is 2. The Morgan fingerprint density at radius 2 is 1.47 bits per heavy atom. The molecule has 0 saturated carbocycles. The van der Waals surface area contributed by atoms with Crippen molar-refractivity contribution in [3.63, 3.8) is 0 Å². The molecule has 2 amide bonds. The minimum atomic E-state index is -0.501. The maximum absolute atomic E-state index is 12.3. The maximum Gasteiger partial charge on any atom is 0.249 e. The van der Waals surface area contributed by atoms with Gasteiger partial charge in [0.15, 0.2) is 0 Å². The van der Waals surface area contributed by atoms with Crippen LogP contribution in [-0.4, -0.2) is 16.4 Å². The van der Waals surface area contributed by atoms with Gasteiger partial charge in [0.1, 0.15) is 0 Å². The third-order valence-electron chi connectivity index (χ3n) is 5.96. The predicted octanol–water partition coefficient (Wildman–Crippen LogP) is 6.01. The fourth-order valence-electron chi connectivity index (χ4n) is 4.45. The van der Waals surface area contributed by atoms with Crippen molar-refractivity contribution >= 4 is 56.8 Å². The number of carbonyl (C=O) groups is 2. The Labute approximate surface area is 205 Å². The van der Waals surface area contributed by atoms with E-state index >= 15 is 0 Å². The second-order valence-electron chi connectivity index (χ2n) is 8.04. The molecule has 1 aromatic heterocycles. The standard InChI is InChI=1S/C27H19Cl2N3O2/c28-20-7-3-8-21(29)24(20)16-10-11-18-23(13-16)32(14-15-4-1-5-17(12-15)26(30)33)22-9-2-6-19(25(18)22)27(31)34/h1-13H,14H2,(H2,30,33)(H2,31,34). The lowest BCUT2D eigenvalue weighted by Gasteiger charge is -2.11. The Morgan fingerprint density at radius 3 is 2.18 bits per heavy atom. The summed E-state index contributed by atoms with van der Waals surface area (Å²) in [5.74, 6) is -0.991. The molecule has 168 valence electrons. The molecule has 0 aliphatic rings. The number of rotatable bonds is 5. The van der Waals surface area contributed by atoms with Gasteiger partial charge in [-0.3, -0.25) is 9.59 Å². The summed E-state index contributed by atoms with van der Waals surface area (Å²) in [7, 11) is 0. The van der Waals surface area contributed by atoms with Crippen LogP contribution in [0.15, 0.2) is 78.9 Å². The van der Waals surface area contributed by atoms with E-state index in [-0.39, 0.29) is 0 Å². The quantitative estimate of drug-likeness (QED) is 0.317. The smallest absolute Gasteiger partial charge is 0.249 e. The van der Waals surface area contributed by atoms with Gasteiger partial charge in [-0.25, -0.2) is 0 Å². The Hall–Kier alpha value is -3.80. The van der Waals surface area contributed by atoms with Gasteiger partial charge in [0, 0.05) is 44.1 Å². The fourth-order valence-corrected chi connectivity index (χ4v) is 5.07. The second-order valence-corrected chi connectivity index (χ2v) is 8.86. The van der Waals surface area contributed by atoms with Gasteiger partial charge in [-0.15, -0.1) is 0 Å². The topological polar surface area (TPSA) is 91.1 Å². The van der Waals surface area contributed by atoms with Crippen LogP contribution in [0.4, 0.5) is 0 Å². The molecule has 34 heavy (non-hydrogen) atoms. The Morgan fingerprint density at radius 1 is 0.765 bits per heavy atom. The number of nitrogens with two attached hydrogens (primary N) is 2. The van der Waals surface area contributed by atoms with E-state index in [1.54, 1.807) is 42.5 Å². The van der Waals surface area contributed by atoms with Crippen molar-refractivity contribution in [1.29, 1.82) is 0 Å². The van der Waals surface area contributed by atoms with E-state index in [2.05, 4.69) is 4.57 Å². The lowest BCUT2D eigenvalue weighted by Crippen LogP contribution is -2.12. The molecule has 5 aromatic rings. The van der Waals surface area contributed by atoms with Crippen LogP contribution in [0.25, 0.3) is 32.9 Å². The van der Waals surface area contributed by atoms with Gasteiger partial charge < -0.3 is 16.0 Å². The normalized spacial score (nSPS) is 11.2. The number of amides is 2. The Balaban J connectivity index is 1.81. The highest BCUT2D eigenvalue weighted by Crippen LogP contribution is 2.39. The van der Waals surface area contributed by atoms with Gasteiger partial charge in [0.25, 0.3) is 0 Å². The number of aromatic nitrogens is 1. The lowest BCUT2D eigenvalue weighted by atomic mass is 10.0. The first-order valence-electron chi connectivity index (χ1n) is 10.5. The van der Waals surface area contributed by atoms with E-state index in [9.17, 15) is 9.59 Å². The maximum atomic E-state index is 12.3. The van der Waals surface area contributed by atoms with E-state index in [4.69, 9.17) is 34.7 Å². The van der Waals surface area contributed by atoms with Crippen molar-refractivity contribution < 1.29 is 9.59 Å². The van der Waals surface area contributed by atoms with Crippen LogP contribution in [0.1, 0.15) is 26.3 Å². The van der Waals surface area contributed by atoms with Crippen LogP contribution in [-0.2, 0) is 6.54 Å². The summed E-state index contributed by atoms with van der Waals surface area (Å²) in [5, 5.41) is 2.73. The first-order valence-corrected chi connectivity index (χ1v) is 11.3. The van der Waals surface area contributed by atoms with E-state index in [0.717, 1.165) is 38.5 Å². The number of primary amides is 2. The molecule has 5 nitrogen and oxygen atoms in total. The van der Waals surface area contributed by atoms with E-state index in [1.165, 1.54) is 0 Å². The average molecular weight is 488 g/mol. The molecule has 0 unspecified atom stereocenters. The summed E-state index contributed by atoms with van der Waals surface area (Å²) in [5.41, 5.74) is 16.3. The fraction of sp³-hybridized carbons (Fsp3) is 0.0370. The number of nitrogens with zero attached hydrogens (tertiary/aromatic N) is 1. The highest BCUT2D eigenvalue weighted by molar-refractivity contribution is 6.39. The lowest BCUT2D eigenvalue weighted by molar-refractivity contribution is 0.0992. The number of benzene rings is 4. The zero-order valence-corrected chi connectivity index (χ0v) is 19.4. The first kappa shape index (κ1) is 22.0. The molecule has 5 rings (SSSR count). The predicted molar refractivity (Wildman–Crippen MR) is 137 cm³/mol. The third kappa shape index (κ3) is 3.69. The van der Waals surface area contributed by atoms with Gasteiger partial charge >= 0.3 is 0 Å². The molecule has 4 N–H and O–H groups in total. The molecule has 0 fully saturated rings. The molecular weight excluding hydrogens is 469 g/mol. The van der Waals surface area contributed by atoms with Crippen molar-refractivity contribution in [1.82, 2.24) is 4.57 Å². The van der Waals surface area contributed by atoms with Crippen molar-refractivity contribution in [2.75, 3.05) is 0 Å². The van der Waals surface area contributed by atoms with Gasteiger partial charge in [-0.2, -0.15) is 0 Å². The molecule has 1 heterocycles. The van der Waals surface area contributed by atoms with E-state index in [0.29, 0.717) is 27.7 Å². The third-order valence-corrected chi connectivity index (χ3v) is 6.59. The molecule has 0 spiro atoms. The van der Waals surface area contributed by atoms with Crippen LogP contribution >= 0.6 is 23.2 Å². The largest absolute Gasteiger partial charge is 0.366 e. The van der Waals surface area contributed by atoms with Gasteiger partial charge in [0.05, 0.1) is 11.0 Å². The Bertz CT molecular complexity index is 1600. The van der Waals surface area contributed by atoms with Gasteiger partial charge in [-0.05, 0) is 53.6 Å². The molecule has 0 aliphatic heterocycles. The van der Waals surface area contributed by atoms with E-state index in [1.807, 2.05) is 36.4 Å². The van der Waals surface area contributed by atoms with Gasteiger partial charge in [0.2, 0.25) is 11.8 Å². The molecule has 0 aliphatic carbocycles. The van der Waals surface area contributed by atoms with Crippen molar-refractivity contribution in [3.8, 4) is 11.1 Å². The zero-order valence-electron chi connectivity index (χ0n) is 17.9. The number of hydrogen-bond donors (Lipinski definition) is 2. The van der Waals surface area contributed by atoms with Crippen LogP contribution < -0.4 is 11.5 Å². The number of hydrogen-bond acceptors (Lipinski definition) is 2. The Kier molecular flexibility index (Phi) is 5.52. The summed E-state index contributed by atoms with van der Waals surface area (Å²) in [6.07, 6.45) is 0. The monoisotopic (exact) mass is 487 g/mol. The van der Waals surface area contributed by atoms with Crippen molar-refractivity contribution in [3.05, 3.63) is 106 Å². The van der Waals surface area contributed by atoms with Gasteiger partial charge in [-0.1, -0.05) is 59.6 Å². The molecule has 0 saturated heterocycles. The minimum absolute atomic E-state index is 0.430. The number of halogens is 2. The van der Waals surface area contributed by atoms with E-state index < -0.39 is 11.8 Å².